The second kappa shape index (κ2) is 19.2. The van der Waals surface area contributed by atoms with E-state index in [1.165, 1.54) is 6.07 Å². The van der Waals surface area contributed by atoms with Crippen molar-refractivity contribution in [1.29, 1.82) is 0 Å². The molecule has 2 aromatic rings. The number of hydrogen-bond donors (Lipinski definition) is 3. The van der Waals surface area contributed by atoms with Gasteiger partial charge in [0.05, 0.1) is 5.69 Å². The minimum Gasteiger partial charge on any atom is -0.506 e. The van der Waals surface area contributed by atoms with Gasteiger partial charge in [0.15, 0.2) is 0 Å². The summed E-state index contributed by atoms with van der Waals surface area (Å²) >= 11 is 0. The first-order valence-corrected chi connectivity index (χ1v) is 8.46. The van der Waals surface area contributed by atoms with Crippen LogP contribution in [0.3, 0.4) is 0 Å². The van der Waals surface area contributed by atoms with E-state index in [0.717, 1.165) is 5.69 Å². The number of amides is 2. The third-order valence-electron chi connectivity index (χ3n) is 4.15. The number of phenols is 1. The van der Waals surface area contributed by atoms with E-state index in [2.05, 4.69) is 10.6 Å². The second-order valence-corrected chi connectivity index (χ2v) is 6.10. The van der Waals surface area contributed by atoms with Crippen LogP contribution in [0.5, 0.6) is 5.75 Å². The Morgan fingerprint density at radius 2 is 1.32 bits per heavy atom. The fourth-order valence-electron chi connectivity index (χ4n) is 2.59. The fourth-order valence-corrected chi connectivity index (χ4v) is 2.59. The first-order chi connectivity index (χ1) is 12.0. The SMILES string of the molecule is C.C.C.C.C.C.CCC(CC(C)C(=O)Nc1ccccc1)C(=O)Nc1ccccc1O. The molecule has 0 saturated carbocycles. The van der Waals surface area contributed by atoms with E-state index in [0.29, 0.717) is 18.5 Å². The summed E-state index contributed by atoms with van der Waals surface area (Å²) in [5.41, 5.74) is 1.12. The largest absolute Gasteiger partial charge is 0.506 e. The lowest BCUT2D eigenvalue weighted by Gasteiger charge is -2.19. The number of hydrogen-bond acceptors (Lipinski definition) is 3. The molecule has 2 rings (SSSR count). The zero-order valence-electron chi connectivity index (χ0n) is 14.5. The van der Waals surface area contributed by atoms with E-state index in [-0.39, 0.29) is 74.0 Å². The van der Waals surface area contributed by atoms with E-state index in [9.17, 15) is 14.7 Å². The summed E-state index contributed by atoms with van der Waals surface area (Å²) in [6.45, 7) is 3.73. The highest BCUT2D eigenvalue weighted by Crippen LogP contribution is 2.24. The van der Waals surface area contributed by atoms with Gasteiger partial charge in [-0.05, 0) is 37.1 Å². The van der Waals surface area contributed by atoms with E-state index in [1.807, 2.05) is 44.2 Å². The van der Waals surface area contributed by atoms with Gasteiger partial charge in [-0.3, -0.25) is 9.59 Å². The minimum absolute atomic E-state index is 0. The van der Waals surface area contributed by atoms with Crippen LogP contribution < -0.4 is 10.6 Å². The topological polar surface area (TPSA) is 78.4 Å². The molecule has 0 fully saturated rings. The number of phenolic OH excluding ortho intramolecular Hbond substituents is 1. The molecule has 0 aromatic heterocycles. The van der Waals surface area contributed by atoms with Crippen LogP contribution in [0.4, 0.5) is 11.4 Å². The molecule has 0 aliphatic rings. The average Bonchev–Trinajstić information content (AvgIpc) is 2.62. The summed E-state index contributed by atoms with van der Waals surface area (Å²) < 4.78 is 0. The van der Waals surface area contributed by atoms with Crippen LogP contribution in [0.2, 0.25) is 0 Å². The molecule has 180 valence electrons. The molecule has 3 N–H and O–H groups in total. The predicted molar refractivity (Wildman–Crippen MR) is 140 cm³/mol. The van der Waals surface area contributed by atoms with Crippen molar-refractivity contribution in [3.63, 3.8) is 0 Å². The van der Waals surface area contributed by atoms with Crippen molar-refractivity contribution in [2.45, 2.75) is 71.2 Å². The van der Waals surface area contributed by atoms with Gasteiger partial charge in [-0.15, -0.1) is 0 Å². The van der Waals surface area contributed by atoms with Gasteiger partial charge in [-0.1, -0.05) is 88.7 Å². The average molecular weight is 437 g/mol. The Morgan fingerprint density at radius 1 is 0.806 bits per heavy atom. The van der Waals surface area contributed by atoms with Gasteiger partial charge in [-0.25, -0.2) is 0 Å². The molecule has 2 unspecified atom stereocenters. The Morgan fingerprint density at radius 3 is 1.84 bits per heavy atom. The van der Waals surface area contributed by atoms with Crippen molar-refractivity contribution in [3.8, 4) is 5.75 Å². The van der Waals surface area contributed by atoms with Crippen LogP contribution in [0.15, 0.2) is 54.6 Å². The van der Waals surface area contributed by atoms with E-state index >= 15 is 0 Å². The Kier molecular flexibility index (Phi) is 23.9. The lowest BCUT2D eigenvalue weighted by atomic mass is 9.92. The van der Waals surface area contributed by atoms with Crippen molar-refractivity contribution in [1.82, 2.24) is 0 Å². The molecular formula is C26H48N2O3. The van der Waals surface area contributed by atoms with Crippen LogP contribution in [-0.2, 0) is 9.59 Å². The van der Waals surface area contributed by atoms with Gasteiger partial charge in [-0.2, -0.15) is 0 Å². The van der Waals surface area contributed by atoms with Gasteiger partial charge < -0.3 is 15.7 Å². The Hall–Kier alpha value is -2.82. The zero-order chi connectivity index (χ0) is 18.2. The number of benzene rings is 2. The van der Waals surface area contributed by atoms with Crippen molar-refractivity contribution in [2.75, 3.05) is 10.6 Å². The zero-order valence-corrected chi connectivity index (χ0v) is 14.5. The third-order valence-corrected chi connectivity index (χ3v) is 4.15. The molecule has 0 heterocycles. The highest BCUT2D eigenvalue weighted by atomic mass is 16.3. The molecule has 2 amide bonds. The number of anilines is 2. The third kappa shape index (κ3) is 11.8. The van der Waals surface area contributed by atoms with Crippen LogP contribution >= 0.6 is 0 Å². The van der Waals surface area contributed by atoms with Crippen LogP contribution in [0, 0.1) is 11.8 Å². The number of carbonyl (C=O) groups excluding carboxylic acids is 2. The molecule has 31 heavy (non-hydrogen) atoms. The number of nitrogens with one attached hydrogen (secondary N) is 2. The number of rotatable bonds is 7. The lowest BCUT2D eigenvalue weighted by molar-refractivity contribution is -0.122. The van der Waals surface area contributed by atoms with Crippen molar-refractivity contribution in [2.24, 2.45) is 11.8 Å². The van der Waals surface area contributed by atoms with E-state index in [4.69, 9.17) is 0 Å². The molecule has 0 bridgehead atoms. The molecule has 0 aliphatic carbocycles. The van der Waals surface area contributed by atoms with Crippen molar-refractivity contribution in [3.05, 3.63) is 54.6 Å². The summed E-state index contributed by atoms with van der Waals surface area (Å²) in [5, 5.41) is 15.4. The van der Waals surface area contributed by atoms with Crippen molar-refractivity contribution < 1.29 is 14.7 Å². The highest BCUT2D eigenvalue weighted by molar-refractivity contribution is 5.95. The second-order valence-electron chi connectivity index (χ2n) is 6.10. The summed E-state index contributed by atoms with van der Waals surface area (Å²) in [4.78, 5) is 24.8. The Bertz CT molecular complexity index is 718. The van der Waals surface area contributed by atoms with Crippen molar-refractivity contribution >= 4 is 23.2 Å². The lowest BCUT2D eigenvalue weighted by Crippen LogP contribution is -2.28. The van der Waals surface area contributed by atoms with Gasteiger partial charge in [0.25, 0.3) is 0 Å². The summed E-state index contributed by atoms with van der Waals surface area (Å²) in [5.74, 6) is -0.889. The highest BCUT2D eigenvalue weighted by Gasteiger charge is 2.24. The number of carbonyl (C=O) groups is 2. The van der Waals surface area contributed by atoms with E-state index < -0.39 is 0 Å². The molecule has 5 heteroatoms. The normalized spacial score (nSPS) is 10.4. The molecule has 2 aromatic carbocycles. The summed E-state index contributed by atoms with van der Waals surface area (Å²) in [7, 11) is 0. The van der Waals surface area contributed by atoms with Gasteiger partial charge in [0, 0.05) is 17.5 Å². The maximum absolute atomic E-state index is 12.5. The standard InChI is InChI=1S/C20H24N2O3.6CH4/c1-3-15(20(25)22-17-11-7-8-12-18(17)23)13-14(2)19(24)21-16-9-5-4-6-10-16;;;;;;/h4-12,14-15,23H,3,13H2,1-2H3,(H,21,24)(H,22,25);6*1H4. The molecule has 0 saturated heterocycles. The van der Waals surface area contributed by atoms with Gasteiger partial charge in [0.1, 0.15) is 5.75 Å². The Labute approximate surface area is 192 Å². The molecule has 0 radical (unpaired) electrons. The summed E-state index contributed by atoms with van der Waals surface area (Å²) in [6.07, 6.45) is 1.05. The number of para-hydroxylation sites is 3. The molecule has 5 nitrogen and oxygen atoms in total. The van der Waals surface area contributed by atoms with Gasteiger partial charge in [0.2, 0.25) is 11.8 Å². The first kappa shape index (κ1) is 38.7. The maximum atomic E-state index is 12.5. The molecule has 0 aliphatic heterocycles. The first-order valence-electron chi connectivity index (χ1n) is 8.46. The van der Waals surface area contributed by atoms with Crippen LogP contribution in [0.1, 0.15) is 71.2 Å². The van der Waals surface area contributed by atoms with Crippen LogP contribution in [-0.4, -0.2) is 16.9 Å². The summed E-state index contributed by atoms with van der Waals surface area (Å²) in [6, 6.07) is 15.8. The molecule has 2 atom stereocenters. The molecular weight excluding hydrogens is 388 g/mol. The Balaban J connectivity index is -0.000000376. The fraction of sp³-hybridized carbons (Fsp3) is 0.462. The smallest absolute Gasteiger partial charge is 0.227 e. The molecule has 0 spiro atoms. The minimum atomic E-state index is -0.309. The predicted octanol–water partition coefficient (Wildman–Crippen LogP) is 7.84. The maximum Gasteiger partial charge on any atom is 0.227 e. The van der Waals surface area contributed by atoms with Crippen LogP contribution in [0.25, 0.3) is 0 Å². The number of aromatic hydroxyl groups is 1. The quantitative estimate of drug-likeness (QED) is 0.387. The van der Waals surface area contributed by atoms with E-state index in [1.54, 1.807) is 18.2 Å². The monoisotopic (exact) mass is 436 g/mol. The van der Waals surface area contributed by atoms with Gasteiger partial charge >= 0.3 is 0 Å².